The lowest BCUT2D eigenvalue weighted by molar-refractivity contribution is 0.669. The Balaban J connectivity index is 1.20. The third-order valence-electron chi connectivity index (χ3n) is 9.76. The largest absolute Gasteiger partial charge is 0.456 e. The highest BCUT2D eigenvalue weighted by Crippen LogP contribution is 2.45. The van der Waals surface area contributed by atoms with E-state index in [1.54, 1.807) is 0 Å². The molecular formula is C46H30N2O. The molecule has 0 aliphatic carbocycles. The molecule has 2 heterocycles. The molecule has 0 saturated carbocycles. The van der Waals surface area contributed by atoms with Crippen LogP contribution in [0.3, 0.4) is 0 Å². The fourth-order valence-corrected chi connectivity index (χ4v) is 7.50. The maximum absolute atomic E-state index is 6.37. The van der Waals surface area contributed by atoms with Gasteiger partial charge in [-0.1, -0.05) is 115 Å². The molecule has 3 nitrogen and oxygen atoms in total. The number of hydrogen-bond donors (Lipinski definition) is 0. The normalized spacial score (nSPS) is 11.7. The summed E-state index contributed by atoms with van der Waals surface area (Å²) in [6.07, 6.45) is 0. The van der Waals surface area contributed by atoms with Gasteiger partial charge in [0.25, 0.3) is 0 Å². The van der Waals surface area contributed by atoms with Gasteiger partial charge in [0.1, 0.15) is 11.2 Å². The molecule has 0 bridgehead atoms. The van der Waals surface area contributed by atoms with Gasteiger partial charge in [0.15, 0.2) is 0 Å². The van der Waals surface area contributed by atoms with Crippen LogP contribution in [-0.4, -0.2) is 4.57 Å². The summed E-state index contributed by atoms with van der Waals surface area (Å²) in [5, 5.41) is 7.05. The van der Waals surface area contributed by atoms with E-state index in [1.165, 1.54) is 43.7 Å². The van der Waals surface area contributed by atoms with E-state index >= 15 is 0 Å². The molecule has 0 atom stereocenters. The van der Waals surface area contributed by atoms with Gasteiger partial charge >= 0.3 is 0 Å². The first kappa shape index (κ1) is 27.5. The van der Waals surface area contributed by atoms with Gasteiger partial charge in [-0.3, -0.25) is 0 Å². The molecule has 0 N–H and O–H groups in total. The van der Waals surface area contributed by atoms with Gasteiger partial charge in [-0.15, -0.1) is 0 Å². The molecule has 0 aliphatic heterocycles. The average molecular weight is 627 g/mol. The summed E-state index contributed by atoms with van der Waals surface area (Å²) < 4.78 is 8.75. The molecule has 0 fully saturated rings. The van der Waals surface area contributed by atoms with Crippen LogP contribution in [0.1, 0.15) is 0 Å². The zero-order valence-electron chi connectivity index (χ0n) is 26.6. The summed E-state index contributed by atoms with van der Waals surface area (Å²) in [6, 6.07) is 65.0. The third-order valence-corrected chi connectivity index (χ3v) is 9.76. The Morgan fingerprint density at radius 2 is 1.06 bits per heavy atom. The van der Waals surface area contributed by atoms with Gasteiger partial charge in [-0.25, -0.2) is 0 Å². The van der Waals surface area contributed by atoms with E-state index in [0.717, 1.165) is 44.7 Å². The quantitative estimate of drug-likeness (QED) is 0.190. The smallest absolute Gasteiger partial charge is 0.137 e. The molecule has 2 aromatic heterocycles. The van der Waals surface area contributed by atoms with E-state index in [-0.39, 0.29) is 0 Å². The molecule has 8 aromatic carbocycles. The van der Waals surface area contributed by atoms with Crippen molar-refractivity contribution in [3.05, 3.63) is 182 Å². The zero-order chi connectivity index (χ0) is 32.3. The predicted molar refractivity (Wildman–Crippen MR) is 206 cm³/mol. The number of anilines is 3. The van der Waals surface area contributed by atoms with Crippen molar-refractivity contribution in [2.45, 2.75) is 0 Å². The summed E-state index contributed by atoms with van der Waals surface area (Å²) in [6.45, 7) is 0. The van der Waals surface area contributed by atoms with Crippen molar-refractivity contribution in [2.75, 3.05) is 4.90 Å². The molecule has 0 saturated heterocycles. The fraction of sp³-hybridized carbons (Fsp3) is 0. The highest BCUT2D eigenvalue weighted by atomic mass is 16.3. The summed E-state index contributed by atoms with van der Waals surface area (Å²) in [7, 11) is 0. The molecule has 10 aromatic rings. The molecule has 0 unspecified atom stereocenters. The van der Waals surface area contributed by atoms with Crippen molar-refractivity contribution >= 4 is 71.6 Å². The fourth-order valence-electron chi connectivity index (χ4n) is 7.50. The minimum Gasteiger partial charge on any atom is -0.456 e. The maximum atomic E-state index is 6.37. The van der Waals surface area contributed by atoms with Crippen LogP contribution in [0.2, 0.25) is 0 Å². The number of furan rings is 1. The van der Waals surface area contributed by atoms with Crippen LogP contribution >= 0.6 is 0 Å². The lowest BCUT2D eigenvalue weighted by Gasteiger charge is -2.27. The van der Waals surface area contributed by atoms with Gasteiger partial charge in [-0.2, -0.15) is 0 Å². The van der Waals surface area contributed by atoms with Gasteiger partial charge in [0.05, 0.1) is 22.1 Å². The van der Waals surface area contributed by atoms with Gasteiger partial charge in [-0.05, 0) is 88.6 Å². The molecule has 0 spiro atoms. The van der Waals surface area contributed by atoms with E-state index in [9.17, 15) is 0 Å². The first-order valence-electron chi connectivity index (χ1n) is 16.7. The zero-order valence-corrected chi connectivity index (χ0v) is 26.6. The second kappa shape index (κ2) is 11.0. The lowest BCUT2D eigenvalue weighted by atomic mass is 10.0. The number of hydrogen-bond acceptors (Lipinski definition) is 2. The first-order valence-corrected chi connectivity index (χ1v) is 16.7. The maximum Gasteiger partial charge on any atom is 0.137 e. The van der Waals surface area contributed by atoms with Gasteiger partial charge in [0, 0.05) is 33.2 Å². The topological polar surface area (TPSA) is 21.3 Å². The number of aromatic nitrogens is 1. The summed E-state index contributed by atoms with van der Waals surface area (Å²) >= 11 is 0. The van der Waals surface area contributed by atoms with Crippen LogP contribution in [0, 0.1) is 0 Å². The Labute approximate surface area is 283 Å². The Hall–Kier alpha value is -6.58. The lowest BCUT2D eigenvalue weighted by Crippen LogP contribution is -2.10. The summed E-state index contributed by atoms with van der Waals surface area (Å²) in [5.74, 6) is 0. The van der Waals surface area contributed by atoms with Gasteiger partial charge < -0.3 is 13.9 Å². The Morgan fingerprint density at radius 3 is 1.94 bits per heavy atom. The molecule has 49 heavy (non-hydrogen) atoms. The average Bonchev–Trinajstić information content (AvgIpc) is 3.71. The van der Waals surface area contributed by atoms with Crippen molar-refractivity contribution < 1.29 is 4.42 Å². The predicted octanol–water partition coefficient (Wildman–Crippen LogP) is 13.0. The second-order valence-electron chi connectivity index (χ2n) is 12.6. The molecule has 0 aliphatic rings. The van der Waals surface area contributed by atoms with Crippen molar-refractivity contribution in [2.24, 2.45) is 0 Å². The van der Waals surface area contributed by atoms with Crippen molar-refractivity contribution in [3.8, 4) is 16.8 Å². The molecule has 230 valence electrons. The molecular weight excluding hydrogens is 597 g/mol. The van der Waals surface area contributed by atoms with E-state index in [0.29, 0.717) is 0 Å². The van der Waals surface area contributed by atoms with E-state index in [1.807, 2.05) is 12.1 Å². The molecule has 0 amide bonds. The standard InChI is InChI=1S/C46H30N2O/c1-2-11-31(12-3-1)33-21-24-35(25-22-33)48-41-17-8-6-15-38(41)40-30-37(27-28-42(40)48)47(36-26-23-32-13-4-5-14-34(32)29-36)43-18-10-20-45-46(43)39-16-7-9-19-44(39)49-45/h1-30H. The van der Waals surface area contributed by atoms with Crippen LogP contribution in [-0.2, 0) is 0 Å². The molecule has 10 rings (SSSR count). The van der Waals surface area contributed by atoms with E-state index in [4.69, 9.17) is 4.42 Å². The first-order chi connectivity index (χ1) is 24.3. The SMILES string of the molecule is c1ccc(-c2ccc(-n3c4ccccc4c4cc(N(c5ccc6ccccc6c5)c5cccc6oc7ccccc7c56)ccc43)cc2)cc1. The Kier molecular flexibility index (Phi) is 6.18. The van der Waals surface area contributed by atoms with Gasteiger partial charge in [0.2, 0.25) is 0 Å². The van der Waals surface area contributed by atoms with Crippen LogP contribution in [0.5, 0.6) is 0 Å². The highest BCUT2D eigenvalue weighted by molar-refractivity contribution is 6.15. The van der Waals surface area contributed by atoms with Crippen molar-refractivity contribution in [1.29, 1.82) is 0 Å². The second-order valence-corrected chi connectivity index (χ2v) is 12.6. The highest BCUT2D eigenvalue weighted by Gasteiger charge is 2.21. The number of rotatable bonds is 5. The minimum atomic E-state index is 0.876. The molecule has 3 heteroatoms. The van der Waals surface area contributed by atoms with Crippen LogP contribution in [0.15, 0.2) is 186 Å². The van der Waals surface area contributed by atoms with Crippen LogP contribution in [0.25, 0.3) is 71.3 Å². The van der Waals surface area contributed by atoms with Crippen LogP contribution in [0.4, 0.5) is 17.1 Å². The number of fused-ring (bicyclic) bond motifs is 7. The monoisotopic (exact) mass is 626 g/mol. The molecule has 0 radical (unpaired) electrons. The number of para-hydroxylation sites is 2. The summed E-state index contributed by atoms with van der Waals surface area (Å²) in [5.41, 5.74) is 10.9. The van der Waals surface area contributed by atoms with E-state index in [2.05, 4.69) is 179 Å². The minimum absolute atomic E-state index is 0.876. The Morgan fingerprint density at radius 1 is 0.408 bits per heavy atom. The summed E-state index contributed by atoms with van der Waals surface area (Å²) in [4.78, 5) is 2.39. The third kappa shape index (κ3) is 4.44. The number of benzene rings is 8. The van der Waals surface area contributed by atoms with Crippen LogP contribution < -0.4 is 4.90 Å². The van der Waals surface area contributed by atoms with E-state index < -0.39 is 0 Å². The van der Waals surface area contributed by atoms with Crippen molar-refractivity contribution in [3.63, 3.8) is 0 Å². The Bertz CT molecular complexity index is 2830. The number of nitrogens with zero attached hydrogens (tertiary/aromatic N) is 2. The van der Waals surface area contributed by atoms with Crippen molar-refractivity contribution in [1.82, 2.24) is 4.57 Å².